The van der Waals surface area contributed by atoms with Crippen LogP contribution in [0.3, 0.4) is 0 Å². The third-order valence-electron chi connectivity index (χ3n) is 2.15. The van der Waals surface area contributed by atoms with Gasteiger partial charge in [-0.3, -0.25) is 9.59 Å². The predicted molar refractivity (Wildman–Crippen MR) is 69.7 cm³/mol. The summed E-state index contributed by atoms with van der Waals surface area (Å²) < 4.78 is 1.68. The first-order valence-corrected chi connectivity index (χ1v) is 6.95. The minimum Gasteiger partial charge on any atom is -0.327 e. The van der Waals surface area contributed by atoms with Gasteiger partial charge >= 0.3 is 0 Å². The van der Waals surface area contributed by atoms with Crippen LogP contribution in [0.5, 0.6) is 0 Å². The smallest absolute Gasteiger partial charge is 0.225 e. The summed E-state index contributed by atoms with van der Waals surface area (Å²) in [6, 6.07) is 0. The Morgan fingerprint density at radius 1 is 1.53 bits per heavy atom. The van der Waals surface area contributed by atoms with Gasteiger partial charge in [-0.05, 0) is 15.2 Å². The summed E-state index contributed by atoms with van der Waals surface area (Å²) in [7, 11) is 4.24. The quantitative estimate of drug-likeness (QED) is 0.750. The van der Waals surface area contributed by atoms with Gasteiger partial charge in [0.05, 0.1) is 11.9 Å². The van der Waals surface area contributed by atoms with Gasteiger partial charge in [0, 0.05) is 26.1 Å². The Morgan fingerprint density at radius 3 is 2.88 bits per heavy atom. The largest absolute Gasteiger partial charge is 0.327 e. The van der Waals surface area contributed by atoms with Crippen molar-refractivity contribution in [1.29, 1.82) is 0 Å². The second-order valence-corrected chi connectivity index (χ2v) is 5.55. The highest BCUT2D eigenvalue weighted by Crippen LogP contribution is 2.21. The van der Waals surface area contributed by atoms with Crippen molar-refractivity contribution in [3.05, 3.63) is 11.9 Å². The third kappa shape index (κ3) is 5.85. The standard InChI is InChI=1S/C9H16N4O2P2/c1-13(8(14)3-2-4-9(15)16)17-6-7-5-10-12-11-7/h5,17H,2-4,6,16H2,1H3,(H,10,11,12). The van der Waals surface area contributed by atoms with Crippen LogP contribution in [0.1, 0.15) is 25.0 Å². The summed E-state index contributed by atoms with van der Waals surface area (Å²) in [5, 5.41) is 10.1. The fraction of sp³-hybridized carbons (Fsp3) is 0.556. The summed E-state index contributed by atoms with van der Waals surface area (Å²) in [6.45, 7) is 0. The van der Waals surface area contributed by atoms with E-state index >= 15 is 0 Å². The Kier molecular flexibility index (Phi) is 6.23. The molecular formula is C9H16N4O2P2. The summed E-state index contributed by atoms with van der Waals surface area (Å²) in [5.74, 6) is 0.0677. The zero-order chi connectivity index (χ0) is 12.7. The second-order valence-electron chi connectivity index (χ2n) is 3.57. The number of rotatable bonds is 7. The number of nitrogens with one attached hydrogen (secondary N) is 1. The Hall–Kier alpha value is -0.860. The van der Waals surface area contributed by atoms with E-state index in [-0.39, 0.29) is 11.4 Å². The van der Waals surface area contributed by atoms with Crippen molar-refractivity contribution in [1.82, 2.24) is 20.1 Å². The van der Waals surface area contributed by atoms with Gasteiger partial charge in [0.2, 0.25) is 5.91 Å². The highest BCUT2D eigenvalue weighted by atomic mass is 31.1. The van der Waals surface area contributed by atoms with Gasteiger partial charge in [-0.15, -0.1) is 0 Å². The molecule has 94 valence electrons. The summed E-state index contributed by atoms with van der Waals surface area (Å²) in [4.78, 5) is 22.4. The molecule has 0 bridgehead atoms. The van der Waals surface area contributed by atoms with Crippen LogP contribution in [0.25, 0.3) is 0 Å². The van der Waals surface area contributed by atoms with E-state index in [4.69, 9.17) is 0 Å². The molecule has 1 aromatic heterocycles. The lowest BCUT2D eigenvalue weighted by atomic mass is 10.2. The van der Waals surface area contributed by atoms with E-state index in [1.807, 2.05) is 0 Å². The van der Waals surface area contributed by atoms with Crippen molar-refractivity contribution in [3.8, 4) is 0 Å². The van der Waals surface area contributed by atoms with Crippen molar-refractivity contribution in [2.24, 2.45) is 0 Å². The lowest BCUT2D eigenvalue weighted by molar-refractivity contribution is -0.125. The fourth-order valence-electron chi connectivity index (χ4n) is 1.18. The van der Waals surface area contributed by atoms with Gasteiger partial charge in [-0.1, -0.05) is 9.24 Å². The van der Waals surface area contributed by atoms with Crippen molar-refractivity contribution >= 4 is 29.4 Å². The normalized spacial score (nSPS) is 10.9. The van der Waals surface area contributed by atoms with E-state index in [1.54, 1.807) is 17.9 Å². The van der Waals surface area contributed by atoms with E-state index in [9.17, 15) is 9.59 Å². The molecule has 6 nitrogen and oxygen atoms in total. The summed E-state index contributed by atoms with van der Waals surface area (Å²) in [6.07, 6.45) is 3.83. The Bertz CT molecular complexity index is 369. The van der Waals surface area contributed by atoms with Gasteiger partial charge in [0.25, 0.3) is 0 Å². The Morgan fingerprint density at radius 2 is 2.29 bits per heavy atom. The van der Waals surface area contributed by atoms with E-state index in [2.05, 4.69) is 24.7 Å². The first-order valence-electron chi connectivity index (χ1n) is 5.22. The zero-order valence-electron chi connectivity index (χ0n) is 9.64. The minimum absolute atomic E-state index is 0.0468. The summed E-state index contributed by atoms with van der Waals surface area (Å²) >= 11 is 0. The van der Waals surface area contributed by atoms with Crippen molar-refractivity contribution in [3.63, 3.8) is 0 Å². The number of aromatic nitrogens is 3. The molecule has 2 atom stereocenters. The van der Waals surface area contributed by atoms with Crippen LogP contribution in [-0.4, -0.2) is 38.6 Å². The highest BCUT2D eigenvalue weighted by Gasteiger charge is 2.09. The number of aromatic amines is 1. The van der Waals surface area contributed by atoms with Gasteiger partial charge in [-0.2, -0.15) is 15.4 Å². The first-order chi connectivity index (χ1) is 8.09. The first kappa shape index (κ1) is 14.2. The lowest BCUT2D eigenvalue weighted by Gasteiger charge is -2.15. The average molecular weight is 274 g/mol. The van der Waals surface area contributed by atoms with Crippen LogP contribution in [0, 0.1) is 0 Å². The minimum atomic E-state index is 0.0468. The molecule has 2 unspecified atom stereocenters. The Balaban J connectivity index is 2.20. The topological polar surface area (TPSA) is 79.0 Å². The van der Waals surface area contributed by atoms with E-state index < -0.39 is 0 Å². The van der Waals surface area contributed by atoms with Crippen LogP contribution < -0.4 is 0 Å². The molecule has 1 aromatic rings. The van der Waals surface area contributed by atoms with Crippen LogP contribution in [-0.2, 0) is 15.8 Å². The van der Waals surface area contributed by atoms with E-state index in [0.29, 0.717) is 34.2 Å². The molecule has 0 saturated heterocycles. The molecule has 0 saturated carbocycles. The maximum absolute atomic E-state index is 11.7. The fourth-order valence-corrected chi connectivity index (χ4v) is 2.24. The molecule has 1 heterocycles. The molecule has 0 aromatic carbocycles. The molecule has 0 spiro atoms. The second kappa shape index (κ2) is 7.46. The Labute approximate surface area is 104 Å². The SMILES string of the molecule is CN(PCc1cn[nH]n1)C(=O)CCCC(=O)P. The van der Waals surface area contributed by atoms with Crippen LogP contribution in [0.4, 0.5) is 0 Å². The number of amides is 1. The number of H-pyrrole nitrogens is 1. The maximum atomic E-state index is 11.7. The molecule has 8 heteroatoms. The zero-order valence-corrected chi connectivity index (χ0v) is 11.8. The number of hydrogen-bond donors (Lipinski definition) is 1. The number of carbonyl (C=O) groups excluding carboxylic acids is 2. The molecule has 17 heavy (non-hydrogen) atoms. The molecule has 0 radical (unpaired) electrons. The molecule has 0 aliphatic rings. The maximum Gasteiger partial charge on any atom is 0.225 e. The van der Waals surface area contributed by atoms with E-state index in [0.717, 1.165) is 5.69 Å². The molecule has 1 rings (SSSR count). The lowest BCUT2D eigenvalue weighted by Crippen LogP contribution is -2.18. The van der Waals surface area contributed by atoms with Gasteiger partial charge in [0.1, 0.15) is 5.52 Å². The molecular weight excluding hydrogens is 258 g/mol. The van der Waals surface area contributed by atoms with Gasteiger partial charge in [0.15, 0.2) is 0 Å². The molecule has 0 aliphatic carbocycles. The van der Waals surface area contributed by atoms with Crippen LogP contribution in [0.15, 0.2) is 6.20 Å². The monoisotopic (exact) mass is 274 g/mol. The van der Waals surface area contributed by atoms with Crippen LogP contribution >= 0.6 is 18.0 Å². The molecule has 1 N–H and O–H groups in total. The number of carbonyl (C=O) groups is 2. The van der Waals surface area contributed by atoms with Crippen molar-refractivity contribution in [2.45, 2.75) is 25.4 Å². The van der Waals surface area contributed by atoms with Crippen molar-refractivity contribution < 1.29 is 9.59 Å². The molecule has 0 aliphatic heterocycles. The van der Waals surface area contributed by atoms with Crippen molar-refractivity contribution in [2.75, 3.05) is 7.05 Å². The number of nitrogens with zero attached hydrogens (tertiary/aromatic N) is 3. The summed E-state index contributed by atoms with van der Waals surface area (Å²) in [5.41, 5.74) is 0.897. The van der Waals surface area contributed by atoms with Gasteiger partial charge in [-0.25, -0.2) is 0 Å². The predicted octanol–water partition coefficient (Wildman–Crippen LogP) is 0.929. The van der Waals surface area contributed by atoms with E-state index in [1.165, 1.54) is 0 Å². The molecule has 1 amide bonds. The molecule has 0 fully saturated rings. The third-order valence-corrected chi connectivity index (χ3v) is 3.68. The highest BCUT2D eigenvalue weighted by molar-refractivity contribution is 7.40. The average Bonchev–Trinajstić information content (AvgIpc) is 2.78. The van der Waals surface area contributed by atoms with Gasteiger partial charge < -0.3 is 4.67 Å². The number of hydrogen-bond acceptors (Lipinski definition) is 4. The van der Waals surface area contributed by atoms with Crippen LogP contribution in [0.2, 0.25) is 0 Å².